The Bertz CT molecular complexity index is 1400. The molecule has 2 aromatic carbocycles. The van der Waals surface area contributed by atoms with Gasteiger partial charge in [-0.1, -0.05) is 55.5 Å². The predicted octanol–water partition coefficient (Wildman–Crippen LogP) is 3.15. The van der Waals surface area contributed by atoms with Crippen LogP contribution in [0.1, 0.15) is 35.2 Å². The van der Waals surface area contributed by atoms with Crippen molar-refractivity contribution in [2.24, 2.45) is 7.05 Å². The van der Waals surface area contributed by atoms with E-state index in [9.17, 15) is 14.4 Å². The second kappa shape index (κ2) is 9.81. The molecular weight excluding hydrogens is 454 g/mol. The van der Waals surface area contributed by atoms with Crippen molar-refractivity contribution < 1.29 is 9.59 Å². The summed E-state index contributed by atoms with van der Waals surface area (Å²) in [4.78, 5) is 43.5. The Kier molecular flexibility index (Phi) is 6.41. The average Bonchev–Trinajstić information content (AvgIpc) is 3.25. The number of aromatic nitrogens is 3. The Morgan fingerprint density at radius 1 is 0.889 bits per heavy atom. The van der Waals surface area contributed by atoms with Gasteiger partial charge in [0, 0.05) is 45.6 Å². The van der Waals surface area contributed by atoms with Crippen LogP contribution in [0.3, 0.4) is 0 Å². The lowest BCUT2D eigenvalue weighted by Gasteiger charge is -2.36. The second-order valence-corrected chi connectivity index (χ2v) is 9.14. The maximum Gasteiger partial charge on any atom is 0.282 e. The highest BCUT2D eigenvalue weighted by atomic mass is 16.2. The Hall–Kier alpha value is -4.20. The van der Waals surface area contributed by atoms with Gasteiger partial charge in [0.05, 0.1) is 22.7 Å². The van der Waals surface area contributed by atoms with E-state index in [1.165, 1.54) is 4.68 Å². The van der Waals surface area contributed by atoms with E-state index in [4.69, 9.17) is 0 Å². The van der Waals surface area contributed by atoms with Gasteiger partial charge >= 0.3 is 0 Å². The van der Waals surface area contributed by atoms with Crippen LogP contribution in [-0.2, 0) is 11.8 Å². The molecule has 2 amide bonds. The molecule has 3 heterocycles. The number of carbonyl (C=O) groups is 2. The van der Waals surface area contributed by atoms with Crippen LogP contribution in [0, 0.1) is 0 Å². The lowest BCUT2D eigenvalue weighted by Crippen LogP contribution is -2.51. The van der Waals surface area contributed by atoms with Crippen LogP contribution >= 0.6 is 0 Å². The number of piperazine rings is 1. The molecule has 36 heavy (non-hydrogen) atoms. The van der Waals surface area contributed by atoms with Crippen molar-refractivity contribution >= 4 is 11.8 Å². The lowest BCUT2D eigenvalue weighted by atomic mass is 9.94. The third-order valence-corrected chi connectivity index (χ3v) is 6.82. The van der Waals surface area contributed by atoms with Crippen molar-refractivity contribution in [1.82, 2.24) is 24.1 Å². The third-order valence-electron chi connectivity index (χ3n) is 6.82. The van der Waals surface area contributed by atoms with E-state index in [-0.39, 0.29) is 23.3 Å². The van der Waals surface area contributed by atoms with Gasteiger partial charge < -0.3 is 14.4 Å². The maximum absolute atomic E-state index is 13.6. The molecule has 0 saturated carbocycles. The minimum absolute atomic E-state index is 0.0990. The number of pyridine rings is 1. The maximum atomic E-state index is 13.6. The Morgan fingerprint density at radius 2 is 1.50 bits per heavy atom. The number of carbonyl (C=O) groups excluding carboxylic acids is 2. The molecule has 8 heteroatoms. The van der Waals surface area contributed by atoms with Crippen molar-refractivity contribution in [1.29, 1.82) is 0 Å². The summed E-state index contributed by atoms with van der Waals surface area (Å²) >= 11 is 0. The monoisotopic (exact) mass is 483 g/mol. The summed E-state index contributed by atoms with van der Waals surface area (Å²) in [5, 5.41) is 4.53. The molecule has 3 aliphatic heterocycles. The van der Waals surface area contributed by atoms with Gasteiger partial charge in [-0.15, -0.1) is 0 Å². The molecule has 5 rings (SSSR count). The molecular formula is C28H29N5O3. The molecule has 0 bridgehead atoms. The van der Waals surface area contributed by atoms with Gasteiger partial charge in [-0.05, 0) is 24.1 Å². The summed E-state index contributed by atoms with van der Waals surface area (Å²) < 4.78 is 3.06. The number of aryl methyl sites for hydroxylation is 1. The molecule has 0 unspecified atom stereocenters. The molecule has 1 fully saturated rings. The Labute approximate surface area is 209 Å². The van der Waals surface area contributed by atoms with Gasteiger partial charge in [-0.3, -0.25) is 14.4 Å². The van der Waals surface area contributed by atoms with Crippen LogP contribution in [-0.4, -0.2) is 62.1 Å². The number of rotatable bonds is 5. The largest absolute Gasteiger partial charge is 0.356 e. The first-order valence-electron chi connectivity index (χ1n) is 12.3. The van der Waals surface area contributed by atoms with Crippen LogP contribution in [0.4, 0.5) is 0 Å². The van der Waals surface area contributed by atoms with Crippen molar-refractivity contribution in [3.05, 3.63) is 94.5 Å². The predicted molar refractivity (Wildman–Crippen MR) is 137 cm³/mol. The molecule has 0 N–H and O–H groups in total. The fourth-order valence-electron chi connectivity index (χ4n) is 4.90. The molecule has 184 valence electrons. The summed E-state index contributed by atoms with van der Waals surface area (Å²) in [6, 6.07) is 19.0. The standard InChI is InChI=1S/C28H29N5O3/c1-3-22(20-10-6-4-7-11-20)26(34)31-14-16-32(17-15-31)27(35)23-18-30(2)19-24-25(23)29-33(28(24)36)21-12-8-5-9-13-21/h4-13,18-19,22H,3,14-17H2,1-2H3/t22-/m1/s1. The van der Waals surface area contributed by atoms with E-state index in [2.05, 4.69) is 5.10 Å². The van der Waals surface area contributed by atoms with Gasteiger partial charge in [0.15, 0.2) is 0 Å². The van der Waals surface area contributed by atoms with E-state index >= 15 is 0 Å². The topological polar surface area (TPSA) is 80.4 Å². The summed E-state index contributed by atoms with van der Waals surface area (Å²) in [7, 11) is 1.79. The van der Waals surface area contributed by atoms with Gasteiger partial charge in [0.1, 0.15) is 5.69 Å². The quantitative estimate of drug-likeness (QED) is 0.437. The van der Waals surface area contributed by atoms with Crippen LogP contribution in [0.15, 0.2) is 77.9 Å². The van der Waals surface area contributed by atoms with Gasteiger partial charge in [0.25, 0.3) is 11.5 Å². The van der Waals surface area contributed by atoms with E-state index in [0.717, 1.165) is 12.0 Å². The molecule has 8 nitrogen and oxygen atoms in total. The first kappa shape index (κ1) is 23.5. The van der Waals surface area contributed by atoms with Crippen LogP contribution < -0.4 is 5.56 Å². The SMILES string of the molecule is CC[C@@H](C(=O)N1CCN(C(=O)c2cn(C)cc3c(=O)n(-c4ccccc4)nc2-3)CC1)c1ccccc1. The first-order valence-corrected chi connectivity index (χ1v) is 12.3. The number of amides is 2. The van der Waals surface area contributed by atoms with E-state index in [1.807, 2.05) is 72.5 Å². The fraction of sp³-hybridized carbons (Fsp3) is 0.286. The minimum Gasteiger partial charge on any atom is -0.356 e. The zero-order valence-corrected chi connectivity index (χ0v) is 20.5. The van der Waals surface area contributed by atoms with Crippen molar-refractivity contribution in [3.63, 3.8) is 0 Å². The Morgan fingerprint density at radius 3 is 2.14 bits per heavy atom. The number of para-hydroxylation sites is 1. The van der Waals surface area contributed by atoms with Crippen LogP contribution in [0.5, 0.6) is 0 Å². The molecule has 0 aromatic heterocycles. The Balaban J connectivity index is 1.36. The molecule has 0 spiro atoms. The van der Waals surface area contributed by atoms with E-state index in [1.54, 1.807) is 28.9 Å². The zero-order valence-electron chi connectivity index (χ0n) is 20.5. The molecule has 0 radical (unpaired) electrons. The highest BCUT2D eigenvalue weighted by Gasteiger charge is 2.32. The molecule has 1 atom stereocenters. The summed E-state index contributed by atoms with van der Waals surface area (Å²) in [6.45, 7) is 3.83. The average molecular weight is 484 g/mol. The lowest BCUT2D eigenvalue weighted by molar-refractivity contribution is -0.134. The fourth-order valence-corrected chi connectivity index (χ4v) is 4.90. The number of fused-ring (bicyclic) bond motifs is 1. The van der Waals surface area contributed by atoms with Crippen LogP contribution in [0.2, 0.25) is 0 Å². The third kappa shape index (κ3) is 4.30. The summed E-state index contributed by atoms with van der Waals surface area (Å²) in [5.74, 6) is -0.267. The normalized spacial score (nSPS) is 14.7. The summed E-state index contributed by atoms with van der Waals surface area (Å²) in [5.41, 5.74) is 2.58. The number of benzene rings is 2. The van der Waals surface area contributed by atoms with Crippen molar-refractivity contribution in [2.75, 3.05) is 26.2 Å². The van der Waals surface area contributed by atoms with Crippen molar-refractivity contribution in [3.8, 4) is 16.9 Å². The number of hydrogen-bond donors (Lipinski definition) is 0. The molecule has 3 aliphatic rings. The zero-order chi connectivity index (χ0) is 25.2. The van der Waals surface area contributed by atoms with Crippen molar-refractivity contribution in [2.45, 2.75) is 19.3 Å². The molecule has 1 saturated heterocycles. The van der Waals surface area contributed by atoms with E-state index in [0.29, 0.717) is 48.7 Å². The smallest absolute Gasteiger partial charge is 0.282 e. The van der Waals surface area contributed by atoms with Gasteiger partial charge in [-0.2, -0.15) is 9.78 Å². The highest BCUT2D eigenvalue weighted by Crippen LogP contribution is 2.25. The van der Waals surface area contributed by atoms with Gasteiger partial charge in [0.2, 0.25) is 5.91 Å². The summed E-state index contributed by atoms with van der Waals surface area (Å²) in [6.07, 6.45) is 4.14. The highest BCUT2D eigenvalue weighted by molar-refractivity contribution is 6.00. The minimum atomic E-state index is -0.261. The molecule has 0 aliphatic carbocycles. The number of nitrogens with zero attached hydrogens (tertiary/aromatic N) is 5. The second-order valence-electron chi connectivity index (χ2n) is 9.14. The van der Waals surface area contributed by atoms with Gasteiger partial charge in [-0.25, -0.2) is 0 Å². The number of hydrogen-bond acceptors (Lipinski definition) is 4. The molecule has 2 aromatic rings. The van der Waals surface area contributed by atoms with Crippen LogP contribution in [0.25, 0.3) is 16.9 Å². The van der Waals surface area contributed by atoms with E-state index < -0.39 is 0 Å². The first-order chi connectivity index (χ1) is 17.5.